The van der Waals surface area contributed by atoms with Crippen molar-refractivity contribution in [3.8, 4) is 0 Å². The normalized spacial score (nSPS) is 14.2. The van der Waals surface area contributed by atoms with E-state index in [1.807, 2.05) is 9.47 Å². The fourth-order valence-corrected chi connectivity index (χ4v) is 2.08. The van der Waals surface area contributed by atoms with E-state index in [4.69, 9.17) is 10.8 Å². The molecule has 0 radical (unpaired) electrons. The Morgan fingerprint density at radius 2 is 2.21 bits per heavy atom. The zero-order chi connectivity index (χ0) is 13.4. The molecule has 3 rings (SSSR count). The van der Waals surface area contributed by atoms with E-state index >= 15 is 0 Å². The van der Waals surface area contributed by atoms with Gasteiger partial charge < -0.3 is 20.3 Å². The Balaban J connectivity index is 1.95. The topological polar surface area (TPSA) is 110 Å². The molecule has 8 heteroatoms. The second-order valence-electron chi connectivity index (χ2n) is 4.28. The van der Waals surface area contributed by atoms with Crippen molar-refractivity contribution in [3.05, 3.63) is 30.0 Å². The quantitative estimate of drug-likeness (QED) is 0.780. The van der Waals surface area contributed by atoms with Crippen molar-refractivity contribution < 1.29 is 9.90 Å². The average Bonchev–Trinajstić information content (AvgIpc) is 2.86. The first-order valence-electron chi connectivity index (χ1n) is 5.76. The number of nitrogens with zero attached hydrogens (tertiary/aromatic N) is 5. The molecule has 2 aromatic heterocycles. The van der Waals surface area contributed by atoms with Gasteiger partial charge >= 0.3 is 5.97 Å². The van der Waals surface area contributed by atoms with Gasteiger partial charge in [-0.3, -0.25) is 0 Å². The molecule has 19 heavy (non-hydrogen) atoms. The number of aromatic carboxylic acids is 1. The summed E-state index contributed by atoms with van der Waals surface area (Å²) in [7, 11) is 0. The number of nitrogen functional groups attached to an aromatic ring is 1. The summed E-state index contributed by atoms with van der Waals surface area (Å²) in [6.07, 6.45) is 1.68. The lowest BCUT2D eigenvalue weighted by Crippen LogP contribution is -2.34. The first-order valence-corrected chi connectivity index (χ1v) is 5.76. The maximum atomic E-state index is 11.0. The molecule has 0 spiro atoms. The molecule has 98 valence electrons. The Morgan fingerprint density at radius 3 is 3.00 bits per heavy atom. The van der Waals surface area contributed by atoms with Crippen LogP contribution >= 0.6 is 0 Å². The fraction of sp³-hybridized carbons (Fsp3) is 0.273. The minimum absolute atomic E-state index is 0.0174. The standard InChI is InChI=1S/C11H12N6O2/c12-7-1-2-8(11(18)19)14-10(7)16-3-4-17-6-13-15-9(17)5-16/h1-2,6H,3-5,12H2,(H,18,19). The minimum Gasteiger partial charge on any atom is -0.477 e. The van der Waals surface area contributed by atoms with Gasteiger partial charge in [0.05, 0.1) is 12.2 Å². The number of aromatic nitrogens is 4. The van der Waals surface area contributed by atoms with Crippen LogP contribution < -0.4 is 10.6 Å². The van der Waals surface area contributed by atoms with Crippen LogP contribution in [0.4, 0.5) is 11.5 Å². The number of hydrogen-bond donors (Lipinski definition) is 2. The molecule has 1 aliphatic heterocycles. The second-order valence-corrected chi connectivity index (χ2v) is 4.28. The van der Waals surface area contributed by atoms with E-state index in [1.54, 1.807) is 12.4 Å². The molecular formula is C11H12N6O2. The zero-order valence-electron chi connectivity index (χ0n) is 10.0. The summed E-state index contributed by atoms with van der Waals surface area (Å²) in [5, 5.41) is 16.8. The smallest absolute Gasteiger partial charge is 0.354 e. The molecule has 2 aromatic rings. The molecule has 3 N–H and O–H groups in total. The number of fused-ring (bicyclic) bond motifs is 1. The third-order valence-corrected chi connectivity index (χ3v) is 3.06. The van der Waals surface area contributed by atoms with Crippen molar-refractivity contribution in [1.82, 2.24) is 19.7 Å². The molecule has 8 nitrogen and oxygen atoms in total. The summed E-state index contributed by atoms with van der Waals surface area (Å²) < 4.78 is 1.95. The summed E-state index contributed by atoms with van der Waals surface area (Å²) in [4.78, 5) is 17.0. The molecule has 1 aliphatic rings. The highest BCUT2D eigenvalue weighted by atomic mass is 16.4. The Hall–Kier alpha value is -2.64. The van der Waals surface area contributed by atoms with Gasteiger partial charge in [0.25, 0.3) is 0 Å². The van der Waals surface area contributed by atoms with Crippen molar-refractivity contribution in [1.29, 1.82) is 0 Å². The van der Waals surface area contributed by atoms with Gasteiger partial charge in [0.15, 0.2) is 17.3 Å². The number of hydrogen-bond acceptors (Lipinski definition) is 6. The summed E-state index contributed by atoms with van der Waals surface area (Å²) in [5.41, 5.74) is 6.31. The molecule has 0 atom stereocenters. The van der Waals surface area contributed by atoms with E-state index in [9.17, 15) is 4.79 Å². The number of pyridine rings is 1. The molecule has 0 bridgehead atoms. The third-order valence-electron chi connectivity index (χ3n) is 3.06. The molecule has 0 fully saturated rings. The maximum Gasteiger partial charge on any atom is 0.354 e. The zero-order valence-corrected chi connectivity index (χ0v) is 10.0. The average molecular weight is 260 g/mol. The van der Waals surface area contributed by atoms with E-state index in [-0.39, 0.29) is 5.69 Å². The van der Waals surface area contributed by atoms with Gasteiger partial charge in [-0.1, -0.05) is 0 Å². The van der Waals surface area contributed by atoms with Gasteiger partial charge in [-0.05, 0) is 12.1 Å². The largest absolute Gasteiger partial charge is 0.477 e. The Labute approximate surface area is 108 Å². The monoisotopic (exact) mass is 260 g/mol. The second kappa shape index (κ2) is 4.23. The number of carboxylic acid groups (broad SMARTS) is 1. The summed E-state index contributed by atoms with van der Waals surface area (Å²) in [6.45, 7) is 1.92. The molecule has 0 aliphatic carbocycles. The van der Waals surface area contributed by atoms with Gasteiger partial charge in [0.1, 0.15) is 6.33 Å². The van der Waals surface area contributed by atoms with Crippen molar-refractivity contribution in [2.24, 2.45) is 0 Å². The van der Waals surface area contributed by atoms with E-state index in [0.717, 1.165) is 12.4 Å². The molecular weight excluding hydrogens is 248 g/mol. The highest BCUT2D eigenvalue weighted by molar-refractivity contribution is 5.87. The maximum absolute atomic E-state index is 11.0. The summed E-state index contributed by atoms with van der Waals surface area (Å²) in [6, 6.07) is 2.96. The molecule has 0 saturated heterocycles. The molecule has 0 saturated carbocycles. The van der Waals surface area contributed by atoms with E-state index < -0.39 is 5.97 Å². The first kappa shape index (κ1) is 11.5. The molecule has 3 heterocycles. The van der Waals surface area contributed by atoms with Crippen LogP contribution in [0.5, 0.6) is 0 Å². The van der Waals surface area contributed by atoms with Crippen LogP contribution in [-0.4, -0.2) is 37.4 Å². The number of carbonyl (C=O) groups is 1. The van der Waals surface area contributed by atoms with Crippen molar-refractivity contribution in [2.45, 2.75) is 13.1 Å². The van der Waals surface area contributed by atoms with E-state index in [0.29, 0.717) is 24.6 Å². The number of carboxylic acids is 1. The highest BCUT2D eigenvalue weighted by Gasteiger charge is 2.21. The fourth-order valence-electron chi connectivity index (χ4n) is 2.08. The van der Waals surface area contributed by atoms with E-state index in [2.05, 4.69) is 15.2 Å². The van der Waals surface area contributed by atoms with Gasteiger partial charge in [-0.25, -0.2) is 9.78 Å². The third kappa shape index (κ3) is 1.96. The van der Waals surface area contributed by atoms with Crippen LogP contribution in [0.15, 0.2) is 18.5 Å². The molecule has 0 aromatic carbocycles. The van der Waals surface area contributed by atoms with Gasteiger partial charge in [-0.15, -0.1) is 10.2 Å². The predicted octanol–water partition coefficient (Wildman–Crippen LogP) is -0.0263. The Kier molecular flexibility index (Phi) is 2.55. The molecule has 0 amide bonds. The van der Waals surface area contributed by atoms with Crippen molar-refractivity contribution >= 4 is 17.5 Å². The van der Waals surface area contributed by atoms with Crippen molar-refractivity contribution in [2.75, 3.05) is 17.2 Å². The SMILES string of the molecule is Nc1ccc(C(=O)O)nc1N1CCn2cnnc2C1. The summed E-state index contributed by atoms with van der Waals surface area (Å²) >= 11 is 0. The first-order chi connectivity index (χ1) is 9.15. The number of anilines is 2. The van der Waals surface area contributed by atoms with Gasteiger partial charge in [0, 0.05) is 13.1 Å². The van der Waals surface area contributed by atoms with Gasteiger partial charge in [-0.2, -0.15) is 0 Å². The molecule has 0 unspecified atom stereocenters. The minimum atomic E-state index is -1.07. The number of nitrogens with two attached hydrogens (primary N) is 1. The van der Waals surface area contributed by atoms with Crippen molar-refractivity contribution in [3.63, 3.8) is 0 Å². The van der Waals surface area contributed by atoms with E-state index in [1.165, 1.54) is 6.07 Å². The van der Waals surface area contributed by atoms with Crippen LogP contribution in [0.3, 0.4) is 0 Å². The van der Waals surface area contributed by atoms with Gasteiger partial charge in [0.2, 0.25) is 0 Å². The highest BCUT2D eigenvalue weighted by Crippen LogP contribution is 2.24. The van der Waals surface area contributed by atoms with Crippen LogP contribution in [0, 0.1) is 0 Å². The van der Waals surface area contributed by atoms with Crippen LogP contribution in [0.2, 0.25) is 0 Å². The Bertz CT molecular complexity index is 638. The van der Waals surface area contributed by atoms with Crippen LogP contribution in [0.25, 0.3) is 0 Å². The summed E-state index contributed by atoms with van der Waals surface area (Å²) in [5.74, 6) is 0.226. The lowest BCUT2D eigenvalue weighted by atomic mass is 10.2. The predicted molar refractivity (Wildman–Crippen MR) is 66.7 cm³/mol. The lowest BCUT2D eigenvalue weighted by Gasteiger charge is -2.28. The Morgan fingerprint density at radius 1 is 1.37 bits per heavy atom. The van der Waals surface area contributed by atoms with Crippen LogP contribution in [0.1, 0.15) is 16.3 Å². The lowest BCUT2D eigenvalue weighted by molar-refractivity contribution is 0.0690. The van der Waals surface area contributed by atoms with Crippen LogP contribution in [-0.2, 0) is 13.1 Å². The number of rotatable bonds is 2.